The molecule has 1 amide bonds. The maximum atomic E-state index is 13.0. The van der Waals surface area contributed by atoms with Crippen LogP contribution < -0.4 is 11.1 Å². The fraction of sp³-hybridized carbons (Fsp3) is 0.308. The monoisotopic (exact) mass is 234 g/mol. The molecule has 0 unspecified atom stereocenters. The molecule has 0 atom stereocenters. The third-order valence-corrected chi connectivity index (χ3v) is 2.22. The van der Waals surface area contributed by atoms with Crippen molar-refractivity contribution in [3.8, 4) is 12.3 Å². The van der Waals surface area contributed by atoms with Gasteiger partial charge in [0.05, 0.1) is 0 Å². The Morgan fingerprint density at radius 2 is 2.18 bits per heavy atom. The Morgan fingerprint density at radius 3 is 2.82 bits per heavy atom. The molecule has 3 N–H and O–H groups in total. The molecule has 0 aromatic heterocycles. The first kappa shape index (κ1) is 13.0. The number of nitrogens with one attached hydrogen (secondary N) is 1. The van der Waals surface area contributed by atoms with Crippen LogP contribution in [0.1, 0.15) is 29.6 Å². The van der Waals surface area contributed by atoms with E-state index in [1.54, 1.807) is 0 Å². The van der Waals surface area contributed by atoms with E-state index in [-0.39, 0.29) is 17.2 Å². The minimum absolute atomic E-state index is 0.236. The first-order valence-corrected chi connectivity index (χ1v) is 5.41. The van der Waals surface area contributed by atoms with Crippen molar-refractivity contribution in [2.45, 2.75) is 19.3 Å². The molecule has 0 saturated heterocycles. The second-order valence-corrected chi connectivity index (χ2v) is 3.69. The zero-order chi connectivity index (χ0) is 12.7. The zero-order valence-corrected chi connectivity index (χ0v) is 9.50. The van der Waals surface area contributed by atoms with Gasteiger partial charge in [-0.1, -0.05) is 0 Å². The number of hydrogen-bond acceptors (Lipinski definition) is 2. The molecule has 0 saturated carbocycles. The van der Waals surface area contributed by atoms with Crippen LogP contribution in [0.15, 0.2) is 18.2 Å². The Kier molecular flexibility index (Phi) is 5.02. The lowest BCUT2D eigenvalue weighted by atomic mass is 10.1. The highest BCUT2D eigenvalue weighted by atomic mass is 19.1. The van der Waals surface area contributed by atoms with Crippen LogP contribution in [-0.2, 0) is 0 Å². The molecular formula is C13H15FN2O. The van der Waals surface area contributed by atoms with Gasteiger partial charge in [0.15, 0.2) is 0 Å². The SMILES string of the molecule is C#CCCCCNC(=O)c1cc(N)cc(F)c1. The lowest BCUT2D eigenvalue weighted by Gasteiger charge is -2.05. The first-order chi connectivity index (χ1) is 8.13. The van der Waals surface area contributed by atoms with E-state index in [2.05, 4.69) is 11.2 Å². The molecule has 0 aliphatic carbocycles. The quantitative estimate of drug-likeness (QED) is 0.464. The number of nitrogen functional groups attached to an aromatic ring is 1. The predicted molar refractivity (Wildman–Crippen MR) is 65.8 cm³/mol. The van der Waals surface area contributed by atoms with Crippen molar-refractivity contribution in [3.05, 3.63) is 29.6 Å². The molecule has 0 radical (unpaired) electrons. The van der Waals surface area contributed by atoms with E-state index in [1.807, 2.05) is 0 Å². The van der Waals surface area contributed by atoms with Crippen LogP contribution in [0.2, 0.25) is 0 Å². The number of terminal acetylenes is 1. The summed E-state index contributed by atoms with van der Waals surface area (Å²) >= 11 is 0. The van der Waals surface area contributed by atoms with Crippen molar-refractivity contribution < 1.29 is 9.18 Å². The molecule has 0 heterocycles. The topological polar surface area (TPSA) is 55.1 Å². The summed E-state index contributed by atoms with van der Waals surface area (Å²) in [6, 6.07) is 3.77. The first-order valence-electron chi connectivity index (χ1n) is 5.41. The predicted octanol–water partition coefficient (Wildman–Crippen LogP) is 1.94. The number of carbonyl (C=O) groups excluding carboxylic acids is 1. The van der Waals surface area contributed by atoms with Crippen molar-refractivity contribution in [2.75, 3.05) is 12.3 Å². The second kappa shape index (κ2) is 6.54. The van der Waals surface area contributed by atoms with Gasteiger partial charge in [0.25, 0.3) is 5.91 Å². The highest BCUT2D eigenvalue weighted by molar-refractivity contribution is 5.95. The number of benzene rings is 1. The van der Waals surface area contributed by atoms with Gasteiger partial charge in [-0.3, -0.25) is 4.79 Å². The molecule has 17 heavy (non-hydrogen) atoms. The summed E-state index contributed by atoms with van der Waals surface area (Å²) in [4.78, 5) is 11.6. The number of halogens is 1. The Labute approximate surface area is 100 Å². The zero-order valence-electron chi connectivity index (χ0n) is 9.50. The van der Waals surface area contributed by atoms with E-state index in [9.17, 15) is 9.18 Å². The Hall–Kier alpha value is -2.02. The third-order valence-electron chi connectivity index (χ3n) is 2.22. The summed E-state index contributed by atoms with van der Waals surface area (Å²) in [5.74, 6) is 1.69. The third kappa shape index (κ3) is 4.56. The van der Waals surface area contributed by atoms with Crippen LogP contribution in [0.5, 0.6) is 0 Å². The molecule has 1 rings (SSSR count). The molecule has 0 aliphatic rings. The number of anilines is 1. The second-order valence-electron chi connectivity index (χ2n) is 3.69. The smallest absolute Gasteiger partial charge is 0.251 e. The molecule has 0 aliphatic heterocycles. The van der Waals surface area contributed by atoms with Gasteiger partial charge in [-0.2, -0.15) is 0 Å². The number of carbonyl (C=O) groups is 1. The van der Waals surface area contributed by atoms with Crippen LogP contribution >= 0.6 is 0 Å². The molecule has 4 heteroatoms. The maximum absolute atomic E-state index is 13.0. The van der Waals surface area contributed by atoms with Crippen LogP contribution in [0.4, 0.5) is 10.1 Å². The van der Waals surface area contributed by atoms with Gasteiger partial charge < -0.3 is 11.1 Å². The highest BCUT2D eigenvalue weighted by Crippen LogP contribution is 2.10. The average Bonchev–Trinajstić information content (AvgIpc) is 2.27. The molecule has 0 fully saturated rings. The number of hydrogen-bond donors (Lipinski definition) is 2. The summed E-state index contributed by atoms with van der Waals surface area (Å²) in [6.45, 7) is 0.525. The van der Waals surface area contributed by atoms with Crippen molar-refractivity contribution in [1.82, 2.24) is 5.32 Å². The molecule has 0 bridgehead atoms. The maximum Gasteiger partial charge on any atom is 0.251 e. The fourth-order valence-corrected chi connectivity index (χ4v) is 1.40. The summed E-state index contributed by atoms with van der Waals surface area (Å²) < 4.78 is 13.0. The highest BCUT2D eigenvalue weighted by Gasteiger charge is 2.07. The summed E-state index contributed by atoms with van der Waals surface area (Å²) in [7, 11) is 0. The summed E-state index contributed by atoms with van der Waals surface area (Å²) in [5.41, 5.74) is 5.92. The van der Waals surface area contributed by atoms with Crippen molar-refractivity contribution in [1.29, 1.82) is 0 Å². The van der Waals surface area contributed by atoms with E-state index in [0.29, 0.717) is 13.0 Å². The normalized spacial score (nSPS) is 9.65. The number of nitrogens with two attached hydrogens (primary N) is 1. The number of amides is 1. The van der Waals surface area contributed by atoms with Crippen molar-refractivity contribution in [3.63, 3.8) is 0 Å². The van der Waals surface area contributed by atoms with E-state index in [1.165, 1.54) is 12.1 Å². The molecule has 1 aromatic carbocycles. The molecule has 90 valence electrons. The lowest BCUT2D eigenvalue weighted by molar-refractivity contribution is 0.0952. The summed E-state index contributed by atoms with van der Waals surface area (Å²) in [6.07, 6.45) is 7.47. The van der Waals surface area contributed by atoms with Crippen LogP contribution in [0, 0.1) is 18.2 Å². The van der Waals surface area contributed by atoms with Crippen molar-refractivity contribution in [2.24, 2.45) is 0 Å². The Bertz CT molecular complexity index is 417. The lowest BCUT2D eigenvalue weighted by Crippen LogP contribution is -2.24. The number of rotatable bonds is 5. The molecule has 3 nitrogen and oxygen atoms in total. The largest absolute Gasteiger partial charge is 0.399 e. The minimum atomic E-state index is -0.512. The van der Waals surface area contributed by atoms with Gasteiger partial charge >= 0.3 is 0 Å². The van der Waals surface area contributed by atoms with Crippen LogP contribution in [0.25, 0.3) is 0 Å². The van der Waals surface area contributed by atoms with Gasteiger partial charge in [0, 0.05) is 24.2 Å². The standard InChI is InChI=1S/C13H15FN2O/c1-2-3-4-5-6-16-13(17)10-7-11(14)9-12(15)8-10/h1,7-9H,3-6,15H2,(H,16,17). The van der Waals surface area contributed by atoms with E-state index < -0.39 is 5.82 Å². The Balaban J connectivity index is 2.44. The fourth-order valence-electron chi connectivity index (χ4n) is 1.40. The van der Waals surface area contributed by atoms with Crippen LogP contribution in [-0.4, -0.2) is 12.5 Å². The molecule has 0 spiro atoms. The molecular weight excluding hydrogens is 219 g/mol. The molecule has 1 aromatic rings. The van der Waals surface area contributed by atoms with E-state index in [0.717, 1.165) is 18.9 Å². The van der Waals surface area contributed by atoms with Gasteiger partial charge in [0.2, 0.25) is 0 Å². The van der Waals surface area contributed by atoms with Gasteiger partial charge in [0.1, 0.15) is 5.82 Å². The minimum Gasteiger partial charge on any atom is -0.399 e. The Morgan fingerprint density at radius 1 is 1.41 bits per heavy atom. The summed E-state index contributed by atoms with van der Waals surface area (Å²) in [5, 5.41) is 2.68. The van der Waals surface area contributed by atoms with E-state index >= 15 is 0 Å². The average molecular weight is 234 g/mol. The van der Waals surface area contributed by atoms with Gasteiger partial charge in [-0.25, -0.2) is 4.39 Å². The van der Waals surface area contributed by atoms with Crippen LogP contribution in [0.3, 0.4) is 0 Å². The van der Waals surface area contributed by atoms with E-state index in [4.69, 9.17) is 12.2 Å². The number of unbranched alkanes of at least 4 members (excludes halogenated alkanes) is 2. The van der Waals surface area contributed by atoms with Crippen molar-refractivity contribution >= 4 is 11.6 Å². The van der Waals surface area contributed by atoms with Gasteiger partial charge in [-0.15, -0.1) is 12.3 Å². The van der Waals surface area contributed by atoms with Gasteiger partial charge in [-0.05, 0) is 31.0 Å².